The van der Waals surface area contributed by atoms with Gasteiger partial charge >= 0.3 is 5.97 Å². The predicted molar refractivity (Wildman–Crippen MR) is 122 cm³/mol. The molecule has 0 amide bonds. The van der Waals surface area contributed by atoms with Crippen molar-refractivity contribution >= 4 is 27.5 Å². The largest absolute Gasteiger partial charge is 0.465 e. The molecule has 2 heterocycles. The van der Waals surface area contributed by atoms with Gasteiger partial charge in [-0.05, 0) is 23.6 Å². The quantitative estimate of drug-likeness (QED) is 0.440. The molecule has 0 spiro atoms. The Morgan fingerprint density at radius 1 is 1.00 bits per heavy atom. The highest BCUT2D eigenvalue weighted by Gasteiger charge is 2.20. The van der Waals surface area contributed by atoms with Gasteiger partial charge in [0.05, 0.1) is 19.0 Å². The number of hydrogen-bond acceptors (Lipinski definition) is 6. The summed E-state index contributed by atoms with van der Waals surface area (Å²) in [7, 11) is 1.33. The van der Waals surface area contributed by atoms with Crippen LogP contribution in [0.2, 0.25) is 0 Å². The molecule has 0 atom stereocenters. The first kappa shape index (κ1) is 21.0. The van der Waals surface area contributed by atoms with Gasteiger partial charge in [-0.3, -0.25) is 9.69 Å². The van der Waals surface area contributed by atoms with E-state index < -0.39 is 5.97 Å². The van der Waals surface area contributed by atoms with Crippen LogP contribution in [0.15, 0.2) is 65.5 Å². The zero-order chi connectivity index (χ0) is 21.8. The number of aromatic nitrogens is 2. The Bertz CT molecular complexity index is 1210. The standard InChI is InChI=1S/C24H23N3O3S/c1-16-20-22(28)25-19(26-23(20)31-21(16)24(29)30-2)15-27(13-17-9-5-3-6-10-17)14-18-11-7-4-8-12-18/h3-12H,13-15H2,1-2H3,(H,25,26,28). The predicted octanol–water partition coefficient (Wildman–Crippen LogP) is 4.28. The first-order valence-corrected chi connectivity index (χ1v) is 10.8. The second-order valence-corrected chi connectivity index (χ2v) is 8.36. The Balaban J connectivity index is 1.66. The van der Waals surface area contributed by atoms with Gasteiger partial charge in [0.2, 0.25) is 0 Å². The highest BCUT2D eigenvalue weighted by molar-refractivity contribution is 7.20. The Kier molecular flexibility index (Phi) is 6.25. The van der Waals surface area contributed by atoms with E-state index in [2.05, 4.69) is 39.1 Å². The average molecular weight is 434 g/mol. The molecule has 0 aliphatic rings. The van der Waals surface area contributed by atoms with Crippen LogP contribution in [0.1, 0.15) is 32.2 Å². The summed E-state index contributed by atoms with van der Waals surface area (Å²) in [6.45, 7) is 3.65. The van der Waals surface area contributed by atoms with Crippen LogP contribution >= 0.6 is 11.3 Å². The third kappa shape index (κ3) is 4.73. The van der Waals surface area contributed by atoms with Crippen molar-refractivity contribution in [2.24, 2.45) is 0 Å². The van der Waals surface area contributed by atoms with E-state index in [9.17, 15) is 9.59 Å². The Labute approximate surface area is 184 Å². The molecule has 0 aliphatic carbocycles. The topological polar surface area (TPSA) is 75.3 Å². The van der Waals surface area contributed by atoms with Crippen molar-refractivity contribution in [2.75, 3.05) is 7.11 Å². The zero-order valence-corrected chi connectivity index (χ0v) is 18.2. The van der Waals surface area contributed by atoms with E-state index in [1.165, 1.54) is 29.6 Å². The van der Waals surface area contributed by atoms with E-state index in [1.54, 1.807) is 6.92 Å². The van der Waals surface area contributed by atoms with Crippen LogP contribution in [0.3, 0.4) is 0 Å². The van der Waals surface area contributed by atoms with Crippen molar-refractivity contribution < 1.29 is 9.53 Å². The molecule has 2 aromatic carbocycles. The number of fused-ring (bicyclic) bond motifs is 1. The molecule has 31 heavy (non-hydrogen) atoms. The number of carbonyl (C=O) groups excluding carboxylic acids is 1. The van der Waals surface area contributed by atoms with Crippen molar-refractivity contribution in [1.29, 1.82) is 0 Å². The summed E-state index contributed by atoms with van der Waals surface area (Å²) in [5.74, 6) is 0.123. The second-order valence-electron chi connectivity index (χ2n) is 7.36. The number of aromatic amines is 1. The van der Waals surface area contributed by atoms with Gasteiger partial charge in [0.15, 0.2) is 0 Å². The molecule has 0 saturated heterocycles. The van der Waals surface area contributed by atoms with Crippen LogP contribution in [0, 0.1) is 6.92 Å². The molecule has 0 unspecified atom stereocenters. The summed E-state index contributed by atoms with van der Waals surface area (Å²) in [5.41, 5.74) is 2.74. The molecule has 1 N–H and O–H groups in total. The monoisotopic (exact) mass is 433 g/mol. The minimum Gasteiger partial charge on any atom is -0.465 e. The third-order valence-electron chi connectivity index (χ3n) is 5.09. The minimum atomic E-state index is -0.448. The molecule has 0 radical (unpaired) electrons. The average Bonchev–Trinajstić information content (AvgIpc) is 3.11. The number of nitrogens with one attached hydrogen (secondary N) is 1. The van der Waals surface area contributed by atoms with Crippen molar-refractivity contribution in [2.45, 2.75) is 26.6 Å². The Morgan fingerprint density at radius 3 is 2.13 bits per heavy atom. The van der Waals surface area contributed by atoms with Gasteiger partial charge in [-0.25, -0.2) is 9.78 Å². The molecule has 0 fully saturated rings. The fourth-order valence-electron chi connectivity index (χ4n) is 3.61. The number of methoxy groups -OCH3 is 1. The summed E-state index contributed by atoms with van der Waals surface area (Å²) in [5, 5.41) is 0.451. The van der Waals surface area contributed by atoms with Crippen LogP contribution in [0.4, 0.5) is 0 Å². The fraction of sp³-hybridized carbons (Fsp3) is 0.208. The number of H-pyrrole nitrogens is 1. The van der Waals surface area contributed by atoms with Crippen LogP contribution in [-0.4, -0.2) is 27.9 Å². The van der Waals surface area contributed by atoms with E-state index >= 15 is 0 Å². The van der Waals surface area contributed by atoms with Crippen molar-refractivity contribution in [3.63, 3.8) is 0 Å². The number of rotatable bonds is 7. The van der Waals surface area contributed by atoms with E-state index in [0.717, 1.165) is 0 Å². The second kappa shape index (κ2) is 9.24. The lowest BCUT2D eigenvalue weighted by molar-refractivity contribution is 0.0605. The number of thiophene rings is 1. The smallest absolute Gasteiger partial charge is 0.348 e. The maximum Gasteiger partial charge on any atom is 0.348 e. The molecule has 7 heteroatoms. The van der Waals surface area contributed by atoms with Crippen LogP contribution in [-0.2, 0) is 24.4 Å². The number of ether oxygens (including phenoxy) is 1. The minimum absolute atomic E-state index is 0.233. The molecule has 2 aromatic heterocycles. The van der Waals surface area contributed by atoms with Crippen molar-refractivity contribution in [3.05, 3.63) is 98.4 Å². The maximum absolute atomic E-state index is 12.8. The molecule has 4 rings (SSSR count). The Hall–Kier alpha value is -3.29. The summed E-state index contributed by atoms with van der Waals surface area (Å²) < 4.78 is 4.84. The molecule has 4 aromatic rings. The molecule has 158 valence electrons. The van der Waals surface area contributed by atoms with E-state index in [-0.39, 0.29) is 5.56 Å². The maximum atomic E-state index is 12.8. The number of hydrogen-bond donors (Lipinski definition) is 1. The van der Waals surface area contributed by atoms with Gasteiger partial charge in [-0.15, -0.1) is 11.3 Å². The highest BCUT2D eigenvalue weighted by atomic mass is 32.1. The first-order valence-electron chi connectivity index (χ1n) is 9.96. The molecule has 0 bridgehead atoms. The molecular formula is C24H23N3O3S. The molecule has 6 nitrogen and oxygen atoms in total. The van der Waals surface area contributed by atoms with Gasteiger partial charge in [0.25, 0.3) is 5.56 Å². The van der Waals surface area contributed by atoms with Crippen LogP contribution in [0.5, 0.6) is 0 Å². The van der Waals surface area contributed by atoms with Gasteiger partial charge in [0.1, 0.15) is 15.5 Å². The summed E-state index contributed by atoms with van der Waals surface area (Å²) in [6.07, 6.45) is 0. The number of carbonyl (C=O) groups is 1. The molecule has 0 saturated carbocycles. The lowest BCUT2D eigenvalue weighted by Crippen LogP contribution is -2.25. The van der Waals surface area contributed by atoms with Crippen molar-refractivity contribution in [3.8, 4) is 0 Å². The number of benzene rings is 2. The summed E-state index contributed by atoms with van der Waals surface area (Å²) >= 11 is 1.20. The van der Waals surface area contributed by atoms with Gasteiger partial charge in [-0.2, -0.15) is 0 Å². The van der Waals surface area contributed by atoms with Crippen LogP contribution < -0.4 is 5.56 Å². The highest BCUT2D eigenvalue weighted by Crippen LogP contribution is 2.27. The SMILES string of the molecule is COC(=O)c1sc2nc(CN(Cc3ccccc3)Cc3ccccc3)[nH]c(=O)c2c1C. The molecular weight excluding hydrogens is 410 g/mol. The van der Waals surface area contributed by atoms with Gasteiger partial charge in [0, 0.05) is 13.1 Å². The van der Waals surface area contributed by atoms with Crippen LogP contribution in [0.25, 0.3) is 10.2 Å². The summed E-state index contributed by atoms with van der Waals surface area (Å²) in [4.78, 5) is 35.6. The first-order chi connectivity index (χ1) is 15.0. The fourth-order valence-corrected chi connectivity index (χ4v) is 4.73. The Morgan fingerprint density at radius 2 is 1.58 bits per heavy atom. The van der Waals surface area contributed by atoms with E-state index in [0.29, 0.717) is 46.1 Å². The van der Waals surface area contributed by atoms with E-state index in [1.807, 2.05) is 36.4 Å². The van der Waals surface area contributed by atoms with Gasteiger partial charge in [-0.1, -0.05) is 60.7 Å². The lowest BCUT2D eigenvalue weighted by atomic mass is 10.1. The lowest BCUT2D eigenvalue weighted by Gasteiger charge is -2.22. The van der Waals surface area contributed by atoms with Crippen molar-refractivity contribution in [1.82, 2.24) is 14.9 Å². The third-order valence-corrected chi connectivity index (χ3v) is 6.26. The number of esters is 1. The normalized spacial score (nSPS) is 11.2. The van der Waals surface area contributed by atoms with E-state index in [4.69, 9.17) is 4.74 Å². The number of aryl methyl sites for hydroxylation is 1. The number of nitrogens with zero attached hydrogens (tertiary/aromatic N) is 2. The summed E-state index contributed by atoms with van der Waals surface area (Å²) in [6, 6.07) is 20.4. The zero-order valence-electron chi connectivity index (χ0n) is 17.4. The van der Waals surface area contributed by atoms with Gasteiger partial charge < -0.3 is 9.72 Å². The molecule has 0 aliphatic heterocycles.